The Bertz CT molecular complexity index is 1060. The topological polar surface area (TPSA) is 51.4 Å². The molecule has 0 spiro atoms. The molecule has 2 aromatic carbocycles. The first-order valence-electron chi connectivity index (χ1n) is 11.1. The predicted molar refractivity (Wildman–Crippen MR) is 122 cm³/mol. The molecule has 0 radical (unpaired) electrons. The number of aryl methyl sites for hydroxylation is 2. The van der Waals surface area contributed by atoms with Gasteiger partial charge in [0.2, 0.25) is 0 Å². The van der Waals surface area contributed by atoms with Crippen molar-refractivity contribution in [3.8, 4) is 0 Å². The molecule has 0 bridgehead atoms. The van der Waals surface area contributed by atoms with E-state index in [9.17, 15) is 4.79 Å². The Morgan fingerprint density at radius 3 is 2.67 bits per heavy atom. The second-order valence-corrected chi connectivity index (χ2v) is 8.62. The highest BCUT2D eigenvalue weighted by Gasteiger charge is 2.20. The van der Waals surface area contributed by atoms with Crippen LogP contribution in [-0.4, -0.2) is 49.0 Å². The number of piperazine rings is 1. The van der Waals surface area contributed by atoms with Gasteiger partial charge in [0.05, 0.1) is 11.1 Å². The Morgan fingerprint density at radius 2 is 1.80 bits per heavy atom. The van der Waals surface area contributed by atoms with E-state index >= 15 is 0 Å². The highest BCUT2D eigenvalue weighted by molar-refractivity contribution is 6.06. The highest BCUT2D eigenvalue weighted by Crippen LogP contribution is 2.31. The van der Waals surface area contributed by atoms with E-state index in [-0.39, 0.29) is 5.91 Å². The minimum Gasteiger partial charge on any atom is -0.369 e. The van der Waals surface area contributed by atoms with E-state index in [2.05, 4.69) is 57.5 Å². The number of carbonyl (C=O) groups is 1. The number of benzene rings is 2. The summed E-state index contributed by atoms with van der Waals surface area (Å²) in [5, 5.41) is 4.40. The van der Waals surface area contributed by atoms with Crippen molar-refractivity contribution in [3.05, 3.63) is 64.8 Å². The van der Waals surface area contributed by atoms with Crippen molar-refractivity contribution in [3.63, 3.8) is 0 Å². The van der Waals surface area contributed by atoms with Crippen LogP contribution in [0.1, 0.15) is 40.0 Å². The summed E-state index contributed by atoms with van der Waals surface area (Å²) in [4.78, 5) is 21.5. The zero-order valence-corrected chi connectivity index (χ0v) is 17.7. The number of fused-ring (bicyclic) bond motifs is 3. The molecule has 1 aliphatic heterocycles. The lowest BCUT2D eigenvalue weighted by Crippen LogP contribution is -2.45. The van der Waals surface area contributed by atoms with E-state index in [1.165, 1.54) is 40.7 Å². The van der Waals surface area contributed by atoms with Gasteiger partial charge in [-0.15, -0.1) is 0 Å². The third-order valence-corrected chi connectivity index (χ3v) is 6.65. The smallest absolute Gasteiger partial charge is 0.253 e. The summed E-state index contributed by atoms with van der Waals surface area (Å²) in [6.07, 6.45) is 4.66. The van der Waals surface area contributed by atoms with E-state index in [0.29, 0.717) is 6.54 Å². The summed E-state index contributed by atoms with van der Waals surface area (Å²) in [5.74, 6) is -0.00706. The minimum absolute atomic E-state index is 0.00706. The molecular weight excluding hydrogens is 372 g/mol. The number of amides is 1. The largest absolute Gasteiger partial charge is 0.369 e. The minimum atomic E-state index is -0.00706. The van der Waals surface area contributed by atoms with Crippen molar-refractivity contribution in [2.45, 2.75) is 32.2 Å². The maximum absolute atomic E-state index is 13.1. The van der Waals surface area contributed by atoms with Gasteiger partial charge in [-0.05, 0) is 56.0 Å². The molecule has 3 aromatic rings. The molecule has 2 aliphatic rings. The molecule has 2 heterocycles. The number of aromatic amines is 1. The first-order chi connectivity index (χ1) is 14.7. The van der Waals surface area contributed by atoms with E-state index in [0.717, 1.165) is 50.1 Å². The highest BCUT2D eigenvalue weighted by atomic mass is 16.1. The number of anilines is 1. The molecule has 0 saturated carbocycles. The second kappa shape index (κ2) is 8.15. The number of hydrogen-bond donors (Lipinski definition) is 2. The summed E-state index contributed by atoms with van der Waals surface area (Å²) < 4.78 is 0. The summed E-state index contributed by atoms with van der Waals surface area (Å²) >= 11 is 0. The first kappa shape index (κ1) is 19.2. The van der Waals surface area contributed by atoms with Gasteiger partial charge in [-0.1, -0.05) is 30.3 Å². The zero-order valence-electron chi connectivity index (χ0n) is 17.7. The molecule has 0 unspecified atom stereocenters. The Balaban J connectivity index is 1.36. The summed E-state index contributed by atoms with van der Waals surface area (Å²) in [7, 11) is 2.17. The second-order valence-electron chi connectivity index (χ2n) is 8.62. The van der Waals surface area contributed by atoms with Gasteiger partial charge < -0.3 is 20.1 Å². The van der Waals surface area contributed by atoms with Crippen LogP contribution in [0.25, 0.3) is 10.9 Å². The zero-order chi connectivity index (χ0) is 20.5. The van der Waals surface area contributed by atoms with Gasteiger partial charge in [-0.25, -0.2) is 0 Å². The summed E-state index contributed by atoms with van der Waals surface area (Å²) in [5.41, 5.74) is 6.88. The van der Waals surface area contributed by atoms with Gasteiger partial charge in [0.25, 0.3) is 5.91 Å². The van der Waals surface area contributed by atoms with Crippen LogP contribution < -0.4 is 10.2 Å². The summed E-state index contributed by atoms with van der Waals surface area (Å²) in [6.45, 7) is 4.72. The van der Waals surface area contributed by atoms with E-state index in [4.69, 9.17) is 0 Å². The molecule has 1 fully saturated rings. The molecule has 156 valence electrons. The normalized spacial score (nSPS) is 17.2. The first-order valence-corrected chi connectivity index (χ1v) is 11.1. The predicted octanol–water partition coefficient (Wildman–Crippen LogP) is 3.73. The average molecular weight is 403 g/mol. The summed E-state index contributed by atoms with van der Waals surface area (Å²) in [6, 6.07) is 14.5. The fraction of sp³-hybridized carbons (Fsp3) is 0.400. The fourth-order valence-corrected chi connectivity index (χ4v) is 4.91. The van der Waals surface area contributed by atoms with Crippen LogP contribution in [0.5, 0.6) is 0 Å². The van der Waals surface area contributed by atoms with E-state index < -0.39 is 0 Å². The number of rotatable bonds is 4. The molecule has 5 rings (SSSR count). The number of para-hydroxylation sites is 2. The van der Waals surface area contributed by atoms with E-state index in [1.807, 2.05) is 12.1 Å². The number of aromatic nitrogens is 1. The Kier molecular flexibility index (Phi) is 5.21. The van der Waals surface area contributed by atoms with Crippen LogP contribution in [-0.2, 0) is 19.4 Å². The van der Waals surface area contributed by atoms with Crippen LogP contribution in [0.2, 0.25) is 0 Å². The number of likely N-dealkylation sites (N-methyl/N-ethyl adjacent to an activating group) is 1. The van der Waals surface area contributed by atoms with Crippen molar-refractivity contribution in [2.24, 2.45) is 0 Å². The number of H-pyrrole nitrogens is 1. The molecule has 1 aliphatic carbocycles. The third-order valence-electron chi connectivity index (χ3n) is 6.65. The fourth-order valence-electron chi connectivity index (χ4n) is 4.91. The average Bonchev–Trinajstić information content (AvgIpc) is 3.17. The van der Waals surface area contributed by atoms with Crippen LogP contribution in [0, 0.1) is 0 Å². The van der Waals surface area contributed by atoms with Crippen molar-refractivity contribution in [1.29, 1.82) is 0 Å². The van der Waals surface area contributed by atoms with Crippen molar-refractivity contribution in [2.75, 3.05) is 38.1 Å². The molecule has 0 atom stereocenters. The van der Waals surface area contributed by atoms with Gasteiger partial charge in [0, 0.05) is 49.5 Å². The van der Waals surface area contributed by atoms with Gasteiger partial charge >= 0.3 is 0 Å². The molecule has 5 nitrogen and oxygen atoms in total. The quantitative estimate of drug-likeness (QED) is 0.699. The van der Waals surface area contributed by atoms with Gasteiger partial charge in [0.1, 0.15) is 0 Å². The standard InChI is InChI=1S/C25H30N4O/c1-28-13-15-29(16-14-28)23-12-5-2-7-18(23)17-26-25(30)21-10-6-9-20-19-8-3-4-11-22(19)27-24(20)21/h2,5-7,9-10,12,27H,3-4,8,11,13-17H2,1H3,(H,26,30). The lowest BCUT2D eigenvalue weighted by atomic mass is 9.95. The lowest BCUT2D eigenvalue weighted by molar-refractivity contribution is 0.0952. The van der Waals surface area contributed by atoms with Crippen LogP contribution in [0.3, 0.4) is 0 Å². The van der Waals surface area contributed by atoms with Gasteiger partial charge in [-0.2, -0.15) is 0 Å². The van der Waals surface area contributed by atoms with Gasteiger partial charge in [-0.3, -0.25) is 4.79 Å². The SMILES string of the molecule is CN1CCN(c2ccccc2CNC(=O)c2cccc3c4c([nH]c23)CCCC4)CC1. The Hall–Kier alpha value is -2.79. The Morgan fingerprint density at radius 1 is 1.00 bits per heavy atom. The lowest BCUT2D eigenvalue weighted by Gasteiger charge is -2.35. The van der Waals surface area contributed by atoms with Crippen molar-refractivity contribution < 1.29 is 4.79 Å². The van der Waals surface area contributed by atoms with Crippen molar-refractivity contribution in [1.82, 2.24) is 15.2 Å². The number of nitrogens with one attached hydrogen (secondary N) is 2. The van der Waals surface area contributed by atoms with Crippen LogP contribution in [0.15, 0.2) is 42.5 Å². The van der Waals surface area contributed by atoms with Crippen LogP contribution >= 0.6 is 0 Å². The maximum Gasteiger partial charge on any atom is 0.253 e. The molecular formula is C25H30N4O. The Labute approximate surface area is 178 Å². The molecule has 1 saturated heterocycles. The third kappa shape index (κ3) is 3.58. The van der Waals surface area contributed by atoms with Crippen molar-refractivity contribution >= 4 is 22.5 Å². The number of hydrogen-bond acceptors (Lipinski definition) is 3. The monoisotopic (exact) mass is 402 g/mol. The van der Waals surface area contributed by atoms with Crippen LogP contribution in [0.4, 0.5) is 5.69 Å². The van der Waals surface area contributed by atoms with Gasteiger partial charge in [0.15, 0.2) is 0 Å². The number of carbonyl (C=O) groups excluding carboxylic acids is 1. The molecule has 1 amide bonds. The molecule has 30 heavy (non-hydrogen) atoms. The van der Waals surface area contributed by atoms with E-state index in [1.54, 1.807) is 0 Å². The molecule has 1 aromatic heterocycles. The molecule has 2 N–H and O–H groups in total. The number of nitrogens with zero attached hydrogens (tertiary/aromatic N) is 2. The maximum atomic E-state index is 13.1. The molecule has 5 heteroatoms.